The van der Waals surface area contributed by atoms with Gasteiger partial charge in [0.05, 0.1) is 6.04 Å². The van der Waals surface area contributed by atoms with Crippen LogP contribution in [0.2, 0.25) is 0 Å². The Morgan fingerprint density at radius 1 is 0.815 bits per heavy atom. The highest BCUT2D eigenvalue weighted by Crippen LogP contribution is 1.97. The number of aliphatic imine (C=N–C) groups is 1. The first-order valence-corrected chi connectivity index (χ1v) is 8.47. The van der Waals surface area contributed by atoms with E-state index in [0.717, 1.165) is 0 Å². The van der Waals surface area contributed by atoms with E-state index in [9.17, 15) is 19.2 Å². The average molecular weight is 386 g/mol. The van der Waals surface area contributed by atoms with Gasteiger partial charge in [0, 0.05) is 6.54 Å². The van der Waals surface area contributed by atoms with Gasteiger partial charge in [-0.2, -0.15) is 0 Å². The van der Waals surface area contributed by atoms with Gasteiger partial charge in [0.1, 0.15) is 18.1 Å². The molecule has 12 nitrogen and oxygen atoms in total. The molecule has 0 aromatic heterocycles. The van der Waals surface area contributed by atoms with Crippen LogP contribution in [0.5, 0.6) is 0 Å². The van der Waals surface area contributed by atoms with Gasteiger partial charge in [0.15, 0.2) is 5.96 Å². The highest BCUT2D eigenvalue weighted by molar-refractivity contribution is 5.94. The van der Waals surface area contributed by atoms with Crippen molar-refractivity contribution in [1.29, 1.82) is 0 Å². The minimum atomic E-state index is -0.924. The van der Waals surface area contributed by atoms with Gasteiger partial charge in [0.2, 0.25) is 23.6 Å². The number of nitrogens with zero attached hydrogens (tertiary/aromatic N) is 1. The van der Waals surface area contributed by atoms with Crippen LogP contribution in [0.3, 0.4) is 0 Å². The first-order valence-electron chi connectivity index (χ1n) is 8.47. The second-order valence-corrected chi connectivity index (χ2v) is 6.15. The van der Waals surface area contributed by atoms with E-state index in [1.807, 2.05) is 0 Å². The summed E-state index contributed by atoms with van der Waals surface area (Å²) in [4.78, 5) is 50.7. The lowest BCUT2D eigenvalue weighted by molar-refractivity contribution is -0.132. The smallest absolute Gasteiger partial charge is 0.242 e. The van der Waals surface area contributed by atoms with Crippen LogP contribution in [0.15, 0.2) is 4.99 Å². The van der Waals surface area contributed by atoms with Gasteiger partial charge < -0.3 is 38.9 Å². The molecule has 0 bridgehead atoms. The first kappa shape index (κ1) is 24.1. The average Bonchev–Trinajstić information content (AvgIpc) is 2.57. The molecular weight excluding hydrogens is 356 g/mol. The van der Waals surface area contributed by atoms with E-state index in [4.69, 9.17) is 22.9 Å². The van der Waals surface area contributed by atoms with Crippen molar-refractivity contribution >= 4 is 29.6 Å². The molecule has 0 heterocycles. The number of hydrogen-bond donors (Lipinski definition) is 7. The summed E-state index contributed by atoms with van der Waals surface area (Å²) in [6, 6.07) is -3.53. The Bertz CT molecular complexity index is 576. The van der Waals surface area contributed by atoms with E-state index in [0.29, 0.717) is 19.4 Å². The van der Waals surface area contributed by atoms with Crippen LogP contribution in [0, 0.1) is 0 Å². The molecule has 27 heavy (non-hydrogen) atoms. The molecular formula is C15H30N8O4. The molecule has 0 unspecified atom stereocenters. The third-order valence-electron chi connectivity index (χ3n) is 3.59. The fraction of sp³-hybridized carbons (Fsp3) is 0.667. The lowest BCUT2D eigenvalue weighted by Gasteiger charge is -2.20. The van der Waals surface area contributed by atoms with Crippen molar-refractivity contribution in [3.8, 4) is 0 Å². The zero-order valence-corrected chi connectivity index (χ0v) is 15.8. The molecule has 4 amide bonds. The molecule has 0 aromatic rings. The van der Waals surface area contributed by atoms with Gasteiger partial charge in [-0.25, -0.2) is 0 Å². The van der Waals surface area contributed by atoms with Crippen LogP contribution in [0.1, 0.15) is 33.6 Å². The maximum Gasteiger partial charge on any atom is 0.242 e. The first-order chi connectivity index (χ1) is 12.5. The third kappa shape index (κ3) is 9.99. The maximum atomic E-state index is 12.1. The topological polar surface area (TPSA) is 221 Å². The van der Waals surface area contributed by atoms with Crippen LogP contribution in [-0.2, 0) is 19.2 Å². The molecule has 0 rings (SSSR count). The van der Waals surface area contributed by atoms with E-state index >= 15 is 0 Å². The van der Waals surface area contributed by atoms with Gasteiger partial charge in [-0.15, -0.1) is 0 Å². The van der Waals surface area contributed by atoms with Gasteiger partial charge in [-0.05, 0) is 33.6 Å². The van der Waals surface area contributed by atoms with Crippen LogP contribution in [0.25, 0.3) is 0 Å². The van der Waals surface area contributed by atoms with Gasteiger partial charge >= 0.3 is 0 Å². The molecule has 11 N–H and O–H groups in total. The predicted octanol–water partition coefficient (Wildman–Crippen LogP) is -3.63. The standard InChI is InChI=1S/C15H30N8O4/c1-7(11(17)24)21-12(25)8(2)22-13(26)9(3)23-14(27)10(16)5-4-6-20-15(18)19/h7-10H,4-6,16H2,1-3H3,(H2,17,24)(H,21,25)(H,22,26)(H,23,27)(H4,18,19,20)/t7-,8-,9-,10-/m0/s1. The highest BCUT2D eigenvalue weighted by atomic mass is 16.2. The molecule has 0 saturated heterocycles. The summed E-state index contributed by atoms with van der Waals surface area (Å²) in [5, 5.41) is 7.25. The Morgan fingerprint density at radius 2 is 1.26 bits per heavy atom. The van der Waals surface area contributed by atoms with Gasteiger partial charge in [-0.1, -0.05) is 0 Å². The SMILES string of the molecule is C[C@H](NC(=O)[C@H](C)NC(=O)[C@H](C)NC(=O)[C@@H](N)CCCN=C(N)N)C(N)=O. The molecule has 4 atom stereocenters. The number of nitrogens with two attached hydrogens (primary N) is 4. The van der Waals surface area contributed by atoms with Crippen molar-refractivity contribution in [2.75, 3.05) is 6.54 Å². The van der Waals surface area contributed by atoms with Crippen LogP contribution in [0.4, 0.5) is 0 Å². The van der Waals surface area contributed by atoms with E-state index in [2.05, 4.69) is 20.9 Å². The summed E-state index contributed by atoms with van der Waals surface area (Å²) in [5.41, 5.74) is 21.2. The zero-order valence-electron chi connectivity index (χ0n) is 15.8. The number of carbonyl (C=O) groups excluding carboxylic acids is 4. The summed E-state index contributed by atoms with van der Waals surface area (Å²) in [6.45, 7) is 4.66. The zero-order chi connectivity index (χ0) is 21.1. The van der Waals surface area contributed by atoms with Crippen LogP contribution >= 0.6 is 0 Å². The molecule has 154 valence electrons. The van der Waals surface area contributed by atoms with Gasteiger partial charge in [0.25, 0.3) is 0 Å². The summed E-state index contributed by atoms with van der Waals surface area (Å²) >= 11 is 0. The molecule has 0 spiro atoms. The molecule has 0 aromatic carbocycles. The summed E-state index contributed by atoms with van der Waals surface area (Å²) in [5.74, 6) is -2.41. The monoisotopic (exact) mass is 386 g/mol. The molecule has 0 aliphatic rings. The fourth-order valence-corrected chi connectivity index (χ4v) is 1.85. The van der Waals surface area contributed by atoms with E-state index in [1.54, 1.807) is 0 Å². The summed E-state index contributed by atoms with van der Waals surface area (Å²) < 4.78 is 0. The number of primary amides is 1. The molecule has 0 aliphatic heterocycles. The lowest BCUT2D eigenvalue weighted by atomic mass is 10.1. The second-order valence-electron chi connectivity index (χ2n) is 6.15. The lowest BCUT2D eigenvalue weighted by Crippen LogP contribution is -2.55. The molecule has 0 fully saturated rings. The van der Waals surface area contributed by atoms with E-state index in [-0.39, 0.29) is 5.96 Å². The van der Waals surface area contributed by atoms with Crippen molar-refractivity contribution in [2.45, 2.75) is 57.8 Å². The van der Waals surface area contributed by atoms with Crippen LogP contribution in [-0.4, -0.2) is 60.3 Å². The van der Waals surface area contributed by atoms with Crippen molar-refractivity contribution < 1.29 is 19.2 Å². The van der Waals surface area contributed by atoms with E-state index < -0.39 is 47.8 Å². The van der Waals surface area contributed by atoms with Crippen molar-refractivity contribution in [1.82, 2.24) is 16.0 Å². The Hall–Kier alpha value is -2.89. The number of hydrogen-bond acceptors (Lipinski definition) is 6. The molecule has 0 aliphatic carbocycles. The van der Waals surface area contributed by atoms with Crippen molar-refractivity contribution in [3.05, 3.63) is 0 Å². The third-order valence-corrected chi connectivity index (χ3v) is 3.59. The number of carbonyl (C=O) groups is 4. The molecule has 12 heteroatoms. The Labute approximate surface area is 157 Å². The van der Waals surface area contributed by atoms with Crippen LogP contribution < -0.4 is 38.9 Å². The number of rotatable bonds is 11. The second kappa shape index (κ2) is 11.7. The summed E-state index contributed by atoms with van der Waals surface area (Å²) in [6.07, 6.45) is 0.836. The molecule has 0 radical (unpaired) electrons. The van der Waals surface area contributed by atoms with E-state index in [1.165, 1.54) is 20.8 Å². The Morgan fingerprint density at radius 3 is 1.70 bits per heavy atom. The normalized spacial score (nSPS) is 14.8. The fourth-order valence-electron chi connectivity index (χ4n) is 1.85. The minimum Gasteiger partial charge on any atom is -0.370 e. The van der Waals surface area contributed by atoms with Crippen molar-refractivity contribution in [3.63, 3.8) is 0 Å². The Kier molecular flexibility index (Phi) is 10.4. The maximum absolute atomic E-state index is 12.1. The minimum absolute atomic E-state index is 0.0401. The number of guanidine groups is 1. The quantitative estimate of drug-likeness (QED) is 0.107. The largest absolute Gasteiger partial charge is 0.370 e. The summed E-state index contributed by atoms with van der Waals surface area (Å²) in [7, 11) is 0. The number of amides is 4. The highest BCUT2D eigenvalue weighted by Gasteiger charge is 2.24. The predicted molar refractivity (Wildman–Crippen MR) is 99.9 cm³/mol. The van der Waals surface area contributed by atoms with Gasteiger partial charge in [-0.3, -0.25) is 24.2 Å². The Balaban J connectivity index is 4.39. The number of nitrogens with one attached hydrogen (secondary N) is 3. The molecule has 0 saturated carbocycles. The van der Waals surface area contributed by atoms with Crippen molar-refractivity contribution in [2.24, 2.45) is 27.9 Å².